The average Bonchev–Trinajstić information content (AvgIpc) is 3.20. The van der Waals surface area contributed by atoms with E-state index in [4.69, 9.17) is 0 Å². The summed E-state index contributed by atoms with van der Waals surface area (Å²) in [5.74, 6) is 1.03. The number of piperidine rings is 1. The van der Waals surface area contributed by atoms with E-state index in [0.29, 0.717) is 23.9 Å². The minimum Gasteiger partial charge on any atom is -0.350 e. The quantitative estimate of drug-likeness (QED) is 0.517. The number of fused-ring (bicyclic) bond motifs is 1. The van der Waals surface area contributed by atoms with Crippen molar-refractivity contribution >= 4 is 39.1 Å². The zero-order chi connectivity index (χ0) is 21.5. The first kappa shape index (κ1) is 20.5. The summed E-state index contributed by atoms with van der Waals surface area (Å²) in [5.41, 5.74) is 3.66. The van der Waals surface area contributed by atoms with Crippen molar-refractivity contribution < 1.29 is 9.59 Å². The molecule has 2 aliphatic rings. The van der Waals surface area contributed by atoms with Crippen LogP contribution in [0.3, 0.4) is 0 Å². The van der Waals surface area contributed by atoms with E-state index in [0.717, 1.165) is 33.4 Å². The number of benzene rings is 2. The monoisotopic (exact) mass is 494 g/mol. The Kier molecular flexibility index (Phi) is 5.44. The molecule has 1 saturated heterocycles. The fourth-order valence-electron chi connectivity index (χ4n) is 4.56. The molecule has 2 amide bonds. The maximum Gasteiger partial charge on any atom is 0.255 e. The van der Waals surface area contributed by atoms with Gasteiger partial charge in [0.05, 0.1) is 11.6 Å². The topological polar surface area (TPSA) is 49.4 Å². The van der Waals surface area contributed by atoms with Gasteiger partial charge in [0, 0.05) is 28.0 Å². The molecule has 0 radical (unpaired) electrons. The van der Waals surface area contributed by atoms with Crippen LogP contribution in [0.2, 0.25) is 0 Å². The Morgan fingerprint density at radius 3 is 2.74 bits per heavy atom. The van der Waals surface area contributed by atoms with E-state index < -0.39 is 0 Å². The molecule has 3 atom stereocenters. The van der Waals surface area contributed by atoms with E-state index in [9.17, 15) is 9.59 Å². The van der Waals surface area contributed by atoms with Crippen molar-refractivity contribution in [1.82, 2.24) is 10.2 Å². The van der Waals surface area contributed by atoms with Gasteiger partial charge in [-0.2, -0.15) is 0 Å². The highest BCUT2D eigenvalue weighted by molar-refractivity contribution is 9.10. The molecule has 3 aromatic rings. The maximum absolute atomic E-state index is 13.5. The molecule has 2 heterocycles. The molecule has 4 nitrogen and oxygen atoms in total. The number of carbonyl (C=O) groups is 2. The number of aryl methyl sites for hydroxylation is 1. The first-order valence-corrected chi connectivity index (χ1v) is 12.2. The lowest BCUT2D eigenvalue weighted by atomic mass is 10.1. The molecule has 1 aliphatic carbocycles. The Morgan fingerprint density at radius 2 is 1.97 bits per heavy atom. The van der Waals surface area contributed by atoms with Crippen LogP contribution < -0.4 is 5.32 Å². The lowest BCUT2D eigenvalue weighted by Gasteiger charge is -2.28. The van der Waals surface area contributed by atoms with Crippen LogP contribution in [-0.4, -0.2) is 35.8 Å². The van der Waals surface area contributed by atoms with Gasteiger partial charge in [0.25, 0.3) is 11.8 Å². The number of nitrogens with one attached hydrogen (secondary N) is 1. The van der Waals surface area contributed by atoms with Crippen molar-refractivity contribution in [3.05, 3.63) is 81.1 Å². The van der Waals surface area contributed by atoms with Crippen molar-refractivity contribution in [2.45, 2.75) is 19.4 Å². The van der Waals surface area contributed by atoms with Crippen molar-refractivity contribution in [2.24, 2.45) is 11.8 Å². The van der Waals surface area contributed by atoms with Crippen LogP contribution >= 0.6 is 27.3 Å². The number of hydrogen-bond acceptors (Lipinski definition) is 3. The van der Waals surface area contributed by atoms with Crippen molar-refractivity contribution in [3.8, 4) is 10.4 Å². The van der Waals surface area contributed by atoms with Crippen molar-refractivity contribution in [3.63, 3.8) is 0 Å². The summed E-state index contributed by atoms with van der Waals surface area (Å²) < 4.78 is 0.876. The standard InChI is InChI=1S/C25H23BrN2O2S/c1-15-5-7-16(8-6-15)23-20(9-10-31-23)25(30)28-14-18-12-21(18)22(28)13-27-24(29)17-3-2-4-19(26)11-17/h2-11,18,21-22H,12-14H2,1H3,(H,27,29)/t18-,21?,22+/m0/s1. The summed E-state index contributed by atoms with van der Waals surface area (Å²) in [7, 11) is 0. The number of amides is 2. The van der Waals surface area contributed by atoms with Crippen molar-refractivity contribution in [2.75, 3.05) is 13.1 Å². The number of likely N-dealkylation sites (tertiary alicyclic amines) is 1. The molecule has 1 aliphatic heterocycles. The first-order chi connectivity index (χ1) is 15.0. The zero-order valence-electron chi connectivity index (χ0n) is 17.2. The molecule has 1 unspecified atom stereocenters. The first-order valence-electron chi connectivity index (χ1n) is 10.5. The summed E-state index contributed by atoms with van der Waals surface area (Å²) in [6, 6.07) is 17.7. The van der Waals surface area contributed by atoms with Gasteiger partial charge >= 0.3 is 0 Å². The Bertz CT molecular complexity index is 1140. The van der Waals surface area contributed by atoms with E-state index in [1.807, 2.05) is 34.5 Å². The van der Waals surface area contributed by atoms with E-state index in [2.05, 4.69) is 52.4 Å². The molecule has 158 valence electrons. The lowest BCUT2D eigenvalue weighted by Crippen LogP contribution is -2.45. The molecular weight excluding hydrogens is 472 g/mol. The third-order valence-electron chi connectivity index (χ3n) is 6.33. The van der Waals surface area contributed by atoms with Crippen molar-refractivity contribution in [1.29, 1.82) is 0 Å². The fraction of sp³-hybridized carbons (Fsp3) is 0.280. The van der Waals surface area contributed by atoms with Gasteiger partial charge in [-0.25, -0.2) is 0 Å². The molecule has 0 bridgehead atoms. The summed E-state index contributed by atoms with van der Waals surface area (Å²) >= 11 is 5.02. The second-order valence-electron chi connectivity index (χ2n) is 8.43. The Hall–Kier alpha value is -2.44. The van der Waals surface area contributed by atoms with Gasteiger partial charge in [0.15, 0.2) is 0 Å². The normalized spacial score (nSPS) is 21.6. The fourth-order valence-corrected chi connectivity index (χ4v) is 5.85. The average molecular weight is 495 g/mol. The highest BCUT2D eigenvalue weighted by Crippen LogP contribution is 2.50. The van der Waals surface area contributed by atoms with Crippen LogP contribution in [-0.2, 0) is 0 Å². The SMILES string of the molecule is Cc1ccc(-c2sccc2C(=O)N2C[C@@H]3CC3[C@H]2CNC(=O)c2cccc(Br)c2)cc1. The van der Waals surface area contributed by atoms with Gasteiger partial charge in [-0.15, -0.1) is 11.3 Å². The molecule has 1 aromatic heterocycles. The van der Waals surface area contributed by atoms with Gasteiger partial charge in [0.2, 0.25) is 0 Å². The van der Waals surface area contributed by atoms with E-state index >= 15 is 0 Å². The van der Waals surface area contributed by atoms with Crippen LogP contribution in [0.1, 0.15) is 32.7 Å². The highest BCUT2D eigenvalue weighted by Gasteiger charge is 2.54. The van der Waals surface area contributed by atoms with Gasteiger partial charge in [0.1, 0.15) is 0 Å². The predicted molar refractivity (Wildman–Crippen MR) is 127 cm³/mol. The van der Waals surface area contributed by atoms with Crippen LogP contribution in [0.4, 0.5) is 0 Å². The minimum atomic E-state index is -0.103. The highest BCUT2D eigenvalue weighted by atomic mass is 79.9. The Labute approximate surface area is 194 Å². The summed E-state index contributed by atoms with van der Waals surface area (Å²) in [5, 5.41) is 5.05. The molecule has 2 fully saturated rings. The maximum atomic E-state index is 13.5. The molecule has 1 N–H and O–H groups in total. The number of rotatable bonds is 5. The Morgan fingerprint density at radius 1 is 1.16 bits per heavy atom. The van der Waals surface area contributed by atoms with Crippen LogP contribution in [0.15, 0.2) is 64.5 Å². The molecule has 2 aromatic carbocycles. The second-order valence-corrected chi connectivity index (χ2v) is 10.3. The molecule has 31 heavy (non-hydrogen) atoms. The molecule has 0 spiro atoms. The number of hydrogen-bond donors (Lipinski definition) is 1. The zero-order valence-corrected chi connectivity index (χ0v) is 19.6. The van der Waals surface area contributed by atoms with Crippen LogP contribution in [0, 0.1) is 18.8 Å². The molecular formula is C25H23BrN2O2S. The largest absolute Gasteiger partial charge is 0.350 e. The van der Waals surface area contributed by atoms with Crippen LogP contribution in [0.25, 0.3) is 10.4 Å². The van der Waals surface area contributed by atoms with E-state index in [1.165, 1.54) is 5.56 Å². The smallest absolute Gasteiger partial charge is 0.255 e. The van der Waals surface area contributed by atoms with Gasteiger partial charge in [-0.05, 0) is 60.4 Å². The number of thiophene rings is 1. The minimum absolute atomic E-state index is 0.0550. The summed E-state index contributed by atoms with van der Waals surface area (Å²) in [6.07, 6.45) is 1.15. The third-order valence-corrected chi connectivity index (χ3v) is 7.79. The summed E-state index contributed by atoms with van der Waals surface area (Å²) in [4.78, 5) is 29.1. The second kappa shape index (κ2) is 8.24. The summed E-state index contributed by atoms with van der Waals surface area (Å²) in [6.45, 7) is 3.33. The van der Waals surface area contributed by atoms with E-state index in [1.54, 1.807) is 17.4 Å². The van der Waals surface area contributed by atoms with Crippen LogP contribution in [0.5, 0.6) is 0 Å². The Balaban J connectivity index is 1.32. The van der Waals surface area contributed by atoms with E-state index in [-0.39, 0.29) is 17.9 Å². The van der Waals surface area contributed by atoms with Gasteiger partial charge in [-0.3, -0.25) is 9.59 Å². The number of nitrogens with zero attached hydrogens (tertiary/aromatic N) is 1. The molecule has 5 rings (SSSR count). The third kappa shape index (κ3) is 4.06. The molecule has 6 heteroatoms. The predicted octanol–water partition coefficient (Wildman–Crippen LogP) is 5.38. The van der Waals surface area contributed by atoms with Gasteiger partial charge < -0.3 is 10.2 Å². The lowest BCUT2D eigenvalue weighted by molar-refractivity contribution is 0.0696. The number of carbonyl (C=O) groups excluding carboxylic acids is 2. The van der Waals surface area contributed by atoms with Gasteiger partial charge in [-0.1, -0.05) is 51.8 Å². The number of halogens is 1. The molecule has 1 saturated carbocycles.